The molecule has 0 aliphatic carbocycles. The highest BCUT2D eigenvalue weighted by Gasteiger charge is 2.10. The van der Waals surface area contributed by atoms with Crippen LogP contribution in [0.4, 0.5) is 5.13 Å². The minimum absolute atomic E-state index is 0.594. The zero-order chi connectivity index (χ0) is 11.8. The first-order valence-corrected chi connectivity index (χ1v) is 6.08. The van der Waals surface area contributed by atoms with Gasteiger partial charge in [0.05, 0.1) is 11.2 Å². The highest BCUT2D eigenvalue weighted by Crippen LogP contribution is 2.17. The molecule has 0 spiro atoms. The van der Waals surface area contributed by atoms with E-state index in [1.165, 1.54) is 11.3 Å². The Hall–Kier alpha value is -1.95. The minimum Gasteiger partial charge on any atom is -0.375 e. The van der Waals surface area contributed by atoms with Gasteiger partial charge in [0, 0.05) is 25.0 Å². The van der Waals surface area contributed by atoms with E-state index in [0.717, 1.165) is 22.7 Å². The number of pyridine rings is 1. The normalized spacial score (nSPS) is 11.1. The van der Waals surface area contributed by atoms with Gasteiger partial charge in [-0.05, 0) is 12.1 Å². The minimum atomic E-state index is 0.594. The number of thiazole rings is 1. The Morgan fingerprint density at radius 3 is 3.00 bits per heavy atom. The third-order valence-electron chi connectivity index (χ3n) is 2.66. The second-order valence-corrected chi connectivity index (χ2v) is 4.68. The van der Waals surface area contributed by atoms with Crippen LogP contribution >= 0.6 is 11.3 Å². The van der Waals surface area contributed by atoms with Gasteiger partial charge in [-0.1, -0.05) is 0 Å². The van der Waals surface area contributed by atoms with Gasteiger partial charge >= 0.3 is 0 Å². The first-order valence-electron chi connectivity index (χ1n) is 5.20. The maximum atomic E-state index is 5.61. The van der Waals surface area contributed by atoms with Crippen LogP contribution in [0, 0.1) is 0 Å². The van der Waals surface area contributed by atoms with Crippen molar-refractivity contribution in [3.8, 4) is 0 Å². The van der Waals surface area contributed by atoms with Crippen molar-refractivity contribution in [2.75, 3.05) is 5.73 Å². The summed E-state index contributed by atoms with van der Waals surface area (Å²) in [5, 5.41) is 2.55. The van der Waals surface area contributed by atoms with Crippen LogP contribution in [0.1, 0.15) is 11.5 Å². The largest absolute Gasteiger partial charge is 0.375 e. The molecule has 0 aliphatic rings. The lowest BCUT2D eigenvalue weighted by molar-refractivity contribution is 0.836. The fourth-order valence-corrected chi connectivity index (χ4v) is 2.36. The summed E-state index contributed by atoms with van der Waals surface area (Å²) in [5.41, 5.74) is 8.37. The molecule has 0 bridgehead atoms. The van der Waals surface area contributed by atoms with Crippen molar-refractivity contribution in [1.29, 1.82) is 0 Å². The summed E-state index contributed by atoms with van der Waals surface area (Å²) in [6, 6.07) is 3.92. The van der Waals surface area contributed by atoms with Crippen molar-refractivity contribution < 1.29 is 0 Å². The summed E-state index contributed by atoms with van der Waals surface area (Å²) in [5.74, 6) is 0.948. The van der Waals surface area contributed by atoms with Crippen LogP contribution in [0.25, 0.3) is 11.2 Å². The van der Waals surface area contributed by atoms with E-state index in [2.05, 4.69) is 15.0 Å². The second-order valence-electron chi connectivity index (χ2n) is 3.79. The van der Waals surface area contributed by atoms with Crippen LogP contribution in [0.15, 0.2) is 23.7 Å². The zero-order valence-electron chi connectivity index (χ0n) is 9.29. The van der Waals surface area contributed by atoms with Crippen LogP contribution in [-0.4, -0.2) is 19.5 Å². The first-order chi connectivity index (χ1) is 8.24. The Bertz CT molecular complexity index is 669. The van der Waals surface area contributed by atoms with Gasteiger partial charge in [-0.15, -0.1) is 11.3 Å². The van der Waals surface area contributed by atoms with E-state index < -0.39 is 0 Å². The topological polar surface area (TPSA) is 69.6 Å². The molecule has 0 aliphatic heterocycles. The molecule has 3 aromatic heterocycles. The van der Waals surface area contributed by atoms with Crippen LogP contribution in [0.5, 0.6) is 0 Å². The fraction of sp³-hybridized carbons (Fsp3) is 0.182. The van der Waals surface area contributed by atoms with Crippen LogP contribution in [-0.2, 0) is 13.5 Å². The Morgan fingerprint density at radius 1 is 1.41 bits per heavy atom. The molecule has 0 unspecified atom stereocenters. The van der Waals surface area contributed by atoms with Crippen LogP contribution in [0.2, 0.25) is 0 Å². The van der Waals surface area contributed by atoms with E-state index in [9.17, 15) is 0 Å². The summed E-state index contributed by atoms with van der Waals surface area (Å²) in [6.45, 7) is 0. The molecule has 0 saturated heterocycles. The van der Waals surface area contributed by atoms with Crippen molar-refractivity contribution in [2.45, 2.75) is 6.42 Å². The summed E-state index contributed by atoms with van der Waals surface area (Å²) in [4.78, 5) is 13.0. The summed E-state index contributed by atoms with van der Waals surface area (Å²) < 4.78 is 2.04. The maximum Gasteiger partial charge on any atom is 0.180 e. The Kier molecular flexibility index (Phi) is 2.29. The number of rotatable bonds is 2. The van der Waals surface area contributed by atoms with Gasteiger partial charge in [-0.2, -0.15) is 0 Å². The van der Waals surface area contributed by atoms with Crippen LogP contribution < -0.4 is 5.73 Å². The lowest BCUT2D eigenvalue weighted by Gasteiger charge is -1.99. The molecule has 6 heteroatoms. The highest BCUT2D eigenvalue weighted by molar-refractivity contribution is 7.13. The van der Waals surface area contributed by atoms with Crippen LogP contribution in [0.3, 0.4) is 0 Å². The number of aromatic nitrogens is 4. The predicted molar refractivity (Wildman–Crippen MR) is 67.8 cm³/mol. The van der Waals surface area contributed by atoms with Crippen molar-refractivity contribution >= 4 is 27.6 Å². The van der Waals surface area contributed by atoms with Crippen molar-refractivity contribution in [1.82, 2.24) is 19.5 Å². The van der Waals surface area contributed by atoms with E-state index in [1.54, 1.807) is 6.20 Å². The molecule has 0 atom stereocenters. The van der Waals surface area contributed by atoms with Gasteiger partial charge < -0.3 is 10.3 Å². The molecule has 0 aromatic carbocycles. The molecule has 0 amide bonds. The maximum absolute atomic E-state index is 5.61. The van der Waals surface area contributed by atoms with Gasteiger partial charge in [0.1, 0.15) is 5.82 Å². The molecule has 17 heavy (non-hydrogen) atoms. The molecule has 0 radical (unpaired) electrons. The molecular weight excluding hydrogens is 234 g/mol. The number of nitrogens with zero attached hydrogens (tertiary/aromatic N) is 4. The predicted octanol–water partition coefficient (Wildman–Crippen LogP) is 1.60. The molecular formula is C11H11N5S. The summed E-state index contributed by atoms with van der Waals surface area (Å²) in [7, 11) is 1.99. The summed E-state index contributed by atoms with van der Waals surface area (Å²) in [6.07, 6.45) is 2.43. The number of fused-ring (bicyclic) bond motifs is 1. The van der Waals surface area contributed by atoms with Crippen molar-refractivity contribution in [2.24, 2.45) is 7.05 Å². The molecule has 3 heterocycles. The molecule has 5 nitrogen and oxygen atoms in total. The fourth-order valence-electron chi connectivity index (χ4n) is 1.80. The standard InChI is InChI=1S/C11H11N5S/c1-16-8-3-2-4-13-10(8)15-9(16)5-7-6-17-11(12)14-7/h2-4,6H,5H2,1H3,(H2,12,14). The Balaban J connectivity index is 2.03. The molecule has 0 fully saturated rings. The Labute approximate surface area is 102 Å². The lowest BCUT2D eigenvalue weighted by Crippen LogP contribution is -1.99. The number of nitrogens with two attached hydrogens (primary N) is 1. The molecule has 3 aromatic rings. The summed E-state index contributed by atoms with van der Waals surface area (Å²) >= 11 is 1.45. The van der Waals surface area contributed by atoms with Gasteiger partial charge in [-0.3, -0.25) is 0 Å². The number of nitrogen functional groups attached to an aromatic ring is 1. The molecule has 2 N–H and O–H groups in total. The zero-order valence-corrected chi connectivity index (χ0v) is 10.1. The van der Waals surface area contributed by atoms with Crippen molar-refractivity contribution in [3.05, 3.63) is 35.2 Å². The van der Waals surface area contributed by atoms with Crippen molar-refractivity contribution in [3.63, 3.8) is 0 Å². The first kappa shape index (κ1) is 10.2. The molecule has 0 saturated carbocycles. The number of aryl methyl sites for hydroxylation is 1. The van der Waals surface area contributed by atoms with Gasteiger partial charge in [0.15, 0.2) is 10.8 Å². The number of imidazole rings is 1. The third-order valence-corrected chi connectivity index (χ3v) is 3.38. The number of hydrogen-bond acceptors (Lipinski definition) is 5. The SMILES string of the molecule is Cn1c(Cc2csc(N)n2)nc2ncccc21. The Morgan fingerprint density at radius 2 is 2.29 bits per heavy atom. The molecule has 3 rings (SSSR count). The van der Waals surface area contributed by atoms with Gasteiger partial charge in [0.25, 0.3) is 0 Å². The molecule has 86 valence electrons. The third kappa shape index (κ3) is 1.76. The smallest absolute Gasteiger partial charge is 0.180 e. The van der Waals surface area contributed by atoms with E-state index in [4.69, 9.17) is 5.73 Å². The monoisotopic (exact) mass is 245 g/mol. The highest BCUT2D eigenvalue weighted by atomic mass is 32.1. The average molecular weight is 245 g/mol. The second kappa shape index (κ2) is 3.81. The quantitative estimate of drug-likeness (QED) is 0.744. The van der Waals surface area contributed by atoms with Gasteiger partial charge in [-0.25, -0.2) is 15.0 Å². The van der Waals surface area contributed by atoms with Gasteiger partial charge in [0.2, 0.25) is 0 Å². The van der Waals surface area contributed by atoms with E-state index in [-0.39, 0.29) is 0 Å². The van der Waals surface area contributed by atoms with E-state index >= 15 is 0 Å². The number of hydrogen-bond donors (Lipinski definition) is 1. The number of anilines is 1. The lowest BCUT2D eigenvalue weighted by atomic mass is 10.3. The van der Waals surface area contributed by atoms with E-state index in [0.29, 0.717) is 11.6 Å². The average Bonchev–Trinajstić information content (AvgIpc) is 2.86. The van der Waals surface area contributed by atoms with E-state index in [1.807, 2.05) is 29.1 Å².